The number of aryl methyl sites for hydroxylation is 1. The molecule has 116 valence electrons. The topological polar surface area (TPSA) is 97.1 Å². The highest BCUT2D eigenvalue weighted by Gasteiger charge is 2.20. The van der Waals surface area contributed by atoms with Crippen LogP contribution in [-0.2, 0) is 16.0 Å². The van der Waals surface area contributed by atoms with E-state index in [-0.39, 0.29) is 12.3 Å². The molecule has 0 aliphatic heterocycles. The molecule has 0 saturated heterocycles. The van der Waals surface area contributed by atoms with E-state index < -0.39 is 12.0 Å². The average molecular weight is 302 g/mol. The van der Waals surface area contributed by atoms with Gasteiger partial charge in [0.2, 0.25) is 5.91 Å². The number of carbonyl (C=O) groups excluding carboxylic acids is 1. The van der Waals surface area contributed by atoms with Gasteiger partial charge in [-0.3, -0.25) is 9.59 Å². The molecule has 1 heterocycles. The standard InChI is InChI=1S/C15H18N4O3/c1-10-13(8-9-14(20)21)17-18-19(10)11(2)15(22)16-12-6-4-3-5-7-12/h3-7,11H,8-9H2,1-2H3,(H,16,22)(H,20,21). The number of hydrogen-bond donors (Lipinski definition) is 2. The van der Waals surface area contributed by atoms with E-state index in [1.807, 2.05) is 18.2 Å². The van der Waals surface area contributed by atoms with Crippen LogP contribution in [0.2, 0.25) is 0 Å². The van der Waals surface area contributed by atoms with E-state index >= 15 is 0 Å². The van der Waals surface area contributed by atoms with Crippen molar-refractivity contribution in [2.45, 2.75) is 32.7 Å². The van der Waals surface area contributed by atoms with Crippen LogP contribution >= 0.6 is 0 Å². The molecule has 2 rings (SSSR count). The van der Waals surface area contributed by atoms with Gasteiger partial charge in [-0.15, -0.1) is 5.10 Å². The van der Waals surface area contributed by atoms with Gasteiger partial charge in [0.1, 0.15) is 6.04 Å². The van der Waals surface area contributed by atoms with Crippen molar-refractivity contribution in [3.63, 3.8) is 0 Å². The van der Waals surface area contributed by atoms with Crippen LogP contribution in [0, 0.1) is 6.92 Å². The molecule has 0 saturated carbocycles. The summed E-state index contributed by atoms with van der Waals surface area (Å²) in [6, 6.07) is 8.62. The third-order valence-corrected chi connectivity index (χ3v) is 3.39. The van der Waals surface area contributed by atoms with E-state index in [2.05, 4.69) is 15.6 Å². The third-order valence-electron chi connectivity index (χ3n) is 3.39. The number of rotatable bonds is 6. The van der Waals surface area contributed by atoms with Crippen molar-refractivity contribution in [1.82, 2.24) is 15.0 Å². The first-order valence-corrected chi connectivity index (χ1v) is 6.97. The highest BCUT2D eigenvalue weighted by Crippen LogP contribution is 2.15. The molecular weight excluding hydrogens is 284 g/mol. The van der Waals surface area contributed by atoms with Crippen LogP contribution in [0.4, 0.5) is 5.69 Å². The Morgan fingerprint density at radius 1 is 1.32 bits per heavy atom. The SMILES string of the molecule is Cc1c(CCC(=O)O)nnn1C(C)C(=O)Nc1ccccc1. The van der Waals surface area contributed by atoms with Gasteiger partial charge in [0, 0.05) is 12.1 Å². The quantitative estimate of drug-likeness (QED) is 0.848. The van der Waals surface area contributed by atoms with Gasteiger partial charge in [0.15, 0.2) is 0 Å². The molecule has 0 radical (unpaired) electrons. The molecule has 0 bridgehead atoms. The molecule has 2 N–H and O–H groups in total. The summed E-state index contributed by atoms with van der Waals surface area (Å²) in [7, 11) is 0. The Morgan fingerprint density at radius 2 is 2.00 bits per heavy atom. The van der Waals surface area contributed by atoms with Gasteiger partial charge in [-0.1, -0.05) is 23.4 Å². The molecule has 0 aliphatic rings. The number of aliphatic carboxylic acids is 1. The Morgan fingerprint density at radius 3 is 2.64 bits per heavy atom. The molecule has 2 aromatic rings. The van der Waals surface area contributed by atoms with Crippen LogP contribution in [0.3, 0.4) is 0 Å². The summed E-state index contributed by atoms with van der Waals surface area (Å²) in [6.45, 7) is 3.50. The summed E-state index contributed by atoms with van der Waals surface area (Å²) in [6.07, 6.45) is 0.290. The van der Waals surface area contributed by atoms with Gasteiger partial charge in [0.25, 0.3) is 0 Å². The molecule has 0 fully saturated rings. The molecule has 1 atom stereocenters. The number of benzene rings is 1. The Bertz CT molecular complexity index is 667. The molecule has 22 heavy (non-hydrogen) atoms. The van der Waals surface area contributed by atoms with Gasteiger partial charge < -0.3 is 10.4 Å². The van der Waals surface area contributed by atoms with Crippen molar-refractivity contribution in [2.24, 2.45) is 0 Å². The zero-order valence-electron chi connectivity index (χ0n) is 12.5. The van der Waals surface area contributed by atoms with Crippen molar-refractivity contribution in [3.8, 4) is 0 Å². The fourth-order valence-corrected chi connectivity index (χ4v) is 2.08. The summed E-state index contributed by atoms with van der Waals surface area (Å²) in [5, 5.41) is 19.5. The third kappa shape index (κ3) is 3.69. The highest BCUT2D eigenvalue weighted by atomic mass is 16.4. The first-order chi connectivity index (χ1) is 10.5. The summed E-state index contributed by atoms with van der Waals surface area (Å²) < 4.78 is 1.51. The molecular formula is C15H18N4O3. The van der Waals surface area contributed by atoms with E-state index in [9.17, 15) is 9.59 Å². The van der Waals surface area contributed by atoms with Crippen LogP contribution in [0.15, 0.2) is 30.3 Å². The van der Waals surface area contributed by atoms with Crippen molar-refractivity contribution >= 4 is 17.6 Å². The number of hydrogen-bond acceptors (Lipinski definition) is 4. The number of carboxylic acid groups (broad SMARTS) is 1. The number of nitrogens with zero attached hydrogens (tertiary/aromatic N) is 3. The fraction of sp³-hybridized carbons (Fsp3) is 0.333. The Hall–Kier alpha value is -2.70. The van der Waals surface area contributed by atoms with Crippen molar-refractivity contribution in [2.75, 3.05) is 5.32 Å². The fourth-order valence-electron chi connectivity index (χ4n) is 2.08. The van der Waals surface area contributed by atoms with E-state index in [0.29, 0.717) is 23.5 Å². The second-order valence-corrected chi connectivity index (χ2v) is 4.99. The lowest BCUT2D eigenvalue weighted by Crippen LogP contribution is -2.25. The van der Waals surface area contributed by atoms with Crippen LogP contribution in [0.5, 0.6) is 0 Å². The molecule has 0 spiro atoms. The molecule has 0 aliphatic carbocycles. The van der Waals surface area contributed by atoms with E-state index in [0.717, 1.165) is 0 Å². The Labute approximate surface area is 128 Å². The summed E-state index contributed by atoms with van der Waals surface area (Å²) in [4.78, 5) is 22.9. The van der Waals surface area contributed by atoms with E-state index in [4.69, 9.17) is 5.11 Å². The van der Waals surface area contributed by atoms with Crippen LogP contribution in [-0.4, -0.2) is 32.0 Å². The van der Waals surface area contributed by atoms with Crippen molar-refractivity contribution < 1.29 is 14.7 Å². The summed E-state index contributed by atoms with van der Waals surface area (Å²) >= 11 is 0. The second kappa shape index (κ2) is 6.84. The molecule has 7 heteroatoms. The molecule has 1 aromatic carbocycles. The summed E-state index contributed by atoms with van der Waals surface area (Å²) in [5.41, 5.74) is 2.02. The van der Waals surface area contributed by atoms with Gasteiger partial charge >= 0.3 is 5.97 Å². The van der Waals surface area contributed by atoms with Gasteiger partial charge in [0.05, 0.1) is 17.8 Å². The number of nitrogens with one attached hydrogen (secondary N) is 1. The van der Waals surface area contributed by atoms with Gasteiger partial charge in [-0.25, -0.2) is 4.68 Å². The molecule has 7 nitrogen and oxygen atoms in total. The van der Waals surface area contributed by atoms with Crippen LogP contribution in [0.25, 0.3) is 0 Å². The molecule has 1 amide bonds. The highest BCUT2D eigenvalue weighted by molar-refractivity contribution is 5.93. The second-order valence-electron chi connectivity index (χ2n) is 4.99. The van der Waals surface area contributed by atoms with Gasteiger partial charge in [-0.2, -0.15) is 0 Å². The summed E-state index contributed by atoms with van der Waals surface area (Å²) in [5.74, 6) is -1.09. The van der Waals surface area contributed by atoms with Gasteiger partial charge in [-0.05, 0) is 26.0 Å². The number of carbonyl (C=O) groups is 2. The molecule has 1 unspecified atom stereocenters. The number of carboxylic acids is 1. The number of aromatic nitrogens is 3. The first kappa shape index (κ1) is 15.7. The Balaban J connectivity index is 2.07. The maximum atomic E-state index is 12.2. The van der Waals surface area contributed by atoms with Crippen LogP contribution in [0.1, 0.15) is 30.8 Å². The van der Waals surface area contributed by atoms with Crippen molar-refractivity contribution in [1.29, 1.82) is 0 Å². The lowest BCUT2D eigenvalue weighted by Gasteiger charge is -2.13. The van der Waals surface area contributed by atoms with E-state index in [1.165, 1.54) is 4.68 Å². The first-order valence-electron chi connectivity index (χ1n) is 6.97. The lowest BCUT2D eigenvalue weighted by atomic mass is 10.2. The minimum absolute atomic E-state index is 0.00980. The van der Waals surface area contributed by atoms with Crippen molar-refractivity contribution in [3.05, 3.63) is 41.7 Å². The predicted molar refractivity (Wildman–Crippen MR) is 80.5 cm³/mol. The smallest absolute Gasteiger partial charge is 0.303 e. The largest absolute Gasteiger partial charge is 0.481 e. The maximum Gasteiger partial charge on any atom is 0.303 e. The molecule has 1 aromatic heterocycles. The normalized spacial score (nSPS) is 11.9. The monoisotopic (exact) mass is 302 g/mol. The predicted octanol–water partition coefficient (Wildman–Crippen LogP) is 1.80. The van der Waals surface area contributed by atoms with Crippen LogP contribution < -0.4 is 5.32 Å². The zero-order chi connectivity index (χ0) is 16.1. The maximum absolute atomic E-state index is 12.2. The zero-order valence-corrected chi connectivity index (χ0v) is 12.5. The number of anilines is 1. The lowest BCUT2D eigenvalue weighted by molar-refractivity contribution is -0.137. The number of amides is 1. The average Bonchev–Trinajstić information content (AvgIpc) is 2.86. The minimum Gasteiger partial charge on any atom is -0.481 e. The Kier molecular flexibility index (Phi) is 4.88. The van der Waals surface area contributed by atoms with E-state index in [1.54, 1.807) is 26.0 Å². The minimum atomic E-state index is -0.885. The number of para-hydroxylation sites is 1.